The molecule has 0 aliphatic rings. The first kappa shape index (κ1) is 25.2. The van der Waals surface area contributed by atoms with Gasteiger partial charge in [-0.05, 0) is 34.4 Å². The highest BCUT2D eigenvalue weighted by molar-refractivity contribution is 9.10. The van der Waals surface area contributed by atoms with Crippen LogP contribution in [0.25, 0.3) is 0 Å². The van der Waals surface area contributed by atoms with Gasteiger partial charge >= 0.3 is 4.87 Å². The van der Waals surface area contributed by atoms with Crippen LogP contribution in [0.2, 0.25) is 5.15 Å². The Labute approximate surface area is 233 Å². The van der Waals surface area contributed by atoms with E-state index in [0.29, 0.717) is 16.6 Å². The van der Waals surface area contributed by atoms with E-state index >= 15 is 0 Å². The lowest BCUT2D eigenvalue weighted by molar-refractivity contribution is 0.493. The number of thiazole rings is 1. The molecule has 1 heterocycles. The van der Waals surface area contributed by atoms with Crippen LogP contribution >= 0.6 is 38.9 Å². The number of hydrogen-bond acceptors (Lipinski definition) is 4. The van der Waals surface area contributed by atoms with E-state index in [1.807, 2.05) is 78.9 Å². The van der Waals surface area contributed by atoms with E-state index in [1.54, 1.807) is 10.8 Å². The number of nitrogens with zero attached hydrogens (tertiary/aromatic N) is 2. The molecule has 0 spiro atoms. The summed E-state index contributed by atoms with van der Waals surface area (Å²) in [5.41, 5.74) is 6.80. The minimum absolute atomic E-state index is 0.130. The molecule has 0 aliphatic heterocycles. The third-order valence-corrected chi connectivity index (χ3v) is 8.11. The molecule has 0 saturated heterocycles. The maximum atomic E-state index is 12.8. The second-order valence-corrected chi connectivity index (χ2v) is 10.7. The third kappa shape index (κ3) is 5.32. The molecular formula is C30H23BrClN3OS. The van der Waals surface area contributed by atoms with Crippen molar-refractivity contribution in [2.75, 3.05) is 0 Å². The fraction of sp³-hybridized carbons (Fsp3) is 0.0667. The summed E-state index contributed by atoms with van der Waals surface area (Å²) in [5.74, 6) is 0. The van der Waals surface area contributed by atoms with Crippen LogP contribution in [-0.2, 0) is 12.1 Å². The minimum Gasteiger partial charge on any atom is -0.290 e. The average Bonchev–Trinajstić information content (AvgIpc) is 3.21. The van der Waals surface area contributed by atoms with Crippen LogP contribution in [0.1, 0.15) is 27.1 Å². The summed E-state index contributed by atoms with van der Waals surface area (Å²) in [6.07, 6.45) is 1.63. The van der Waals surface area contributed by atoms with E-state index < -0.39 is 5.54 Å². The molecule has 37 heavy (non-hydrogen) atoms. The summed E-state index contributed by atoms with van der Waals surface area (Å²) in [7, 11) is 0. The summed E-state index contributed by atoms with van der Waals surface area (Å²) in [4.78, 5) is 13.2. The van der Waals surface area contributed by atoms with E-state index in [9.17, 15) is 4.79 Å². The zero-order chi connectivity index (χ0) is 25.7. The molecule has 7 heteroatoms. The van der Waals surface area contributed by atoms with E-state index in [-0.39, 0.29) is 4.87 Å². The standard InChI is InChI=1S/C30H23BrClN3OS/c31-26-18-16-22(17-19-26)21-35-28(32)27(37-29(35)36)20-33-34-30(23-10-4-1-5-11-23,24-12-6-2-7-13-24)25-14-8-3-9-15-25/h1-20,34H,21H2/b33-20+. The summed E-state index contributed by atoms with van der Waals surface area (Å²) < 4.78 is 2.55. The van der Waals surface area contributed by atoms with Crippen LogP contribution in [0.15, 0.2) is 130 Å². The Morgan fingerprint density at radius 3 is 1.78 bits per heavy atom. The number of nitrogens with one attached hydrogen (secondary N) is 1. The fourth-order valence-corrected chi connectivity index (χ4v) is 5.71. The van der Waals surface area contributed by atoms with E-state index in [0.717, 1.165) is 38.1 Å². The van der Waals surface area contributed by atoms with Gasteiger partial charge in [-0.15, -0.1) is 0 Å². The molecule has 0 amide bonds. The highest BCUT2D eigenvalue weighted by Crippen LogP contribution is 2.36. The van der Waals surface area contributed by atoms with Gasteiger partial charge in [0.1, 0.15) is 10.7 Å². The van der Waals surface area contributed by atoms with E-state index in [1.165, 1.54) is 0 Å². The van der Waals surface area contributed by atoms with Crippen LogP contribution in [0, 0.1) is 0 Å². The van der Waals surface area contributed by atoms with Crippen LogP contribution in [-0.4, -0.2) is 10.8 Å². The molecule has 0 saturated carbocycles. The smallest absolute Gasteiger partial charge is 0.290 e. The maximum Gasteiger partial charge on any atom is 0.309 e. The Hall–Kier alpha value is -3.45. The van der Waals surface area contributed by atoms with Gasteiger partial charge in [0.05, 0.1) is 17.6 Å². The van der Waals surface area contributed by atoms with Gasteiger partial charge in [0.25, 0.3) is 0 Å². The van der Waals surface area contributed by atoms with Gasteiger partial charge in [-0.25, -0.2) is 0 Å². The number of benzene rings is 4. The van der Waals surface area contributed by atoms with Crippen LogP contribution in [0.3, 0.4) is 0 Å². The van der Waals surface area contributed by atoms with Gasteiger partial charge in [-0.3, -0.25) is 14.8 Å². The van der Waals surface area contributed by atoms with Crippen molar-refractivity contribution < 1.29 is 0 Å². The minimum atomic E-state index is -0.752. The molecule has 184 valence electrons. The molecule has 0 unspecified atom stereocenters. The SMILES string of the molecule is O=c1sc(/C=N/NC(c2ccccc2)(c2ccccc2)c2ccccc2)c(Cl)n1Cc1ccc(Br)cc1. The molecule has 0 radical (unpaired) electrons. The molecule has 0 atom stereocenters. The molecule has 0 aliphatic carbocycles. The maximum absolute atomic E-state index is 12.8. The third-order valence-electron chi connectivity index (χ3n) is 6.15. The van der Waals surface area contributed by atoms with Crippen molar-refractivity contribution in [1.29, 1.82) is 0 Å². The Balaban J connectivity index is 1.53. The van der Waals surface area contributed by atoms with Crippen molar-refractivity contribution in [3.8, 4) is 0 Å². The van der Waals surface area contributed by atoms with E-state index in [2.05, 4.69) is 62.9 Å². The second-order valence-electron chi connectivity index (χ2n) is 8.45. The monoisotopic (exact) mass is 587 g/mol. The summed E-state index contributed by atoms with van der Waals surface area (Å²) in [6, 6.07) is 38.5. The highest BCUT2D eigenvalue weighted by atomic mass is 79.9. The van der Waals surface area contributed by atoms with Crippen LogP contribution < -0.4 is 10.3 Å². The fourth-order valence-electron chi connectivity index (χ4n) is 4.34. The molecule has 1 N–H and O–H groups in total. The van der Waals surface area contributed by atoms with Crippen LogP contribution in [0.5, 0.6) is 0 Å². The first-order valence-corrected chi connectivity index (χ1v) is 13.7. The van der Waals surface area contributed by atoms with Crippen molar-refractivity contribution in [1.82, 2.24) is 9.99 Å². The lowest BCUT2D eigenvalue weighted by atomic mass is 9.77. The first-order chi connectivity index (χ1) is 18.1. The highest BCUT2D eigenvalue weighted by Gasteiger charge is 2.36. The number of hydrazone groups is 1. The van der Waals surface area contributed by atoms with Gasteiger partial charge in [0.2, 0.25) is 0 Å². The normalized spacial score (nSPS) is 11.6. The quantitative estimate of drug-likeness (QED) is 0.118. The Bertz CT molecular complexity index is 1450. The predicted octanol–water partition coefficient (Wildman–Crippen LogP) is 7.29. The van der Waals surface area contributed by atoms with Gasteiger partial charge < -0.3 is 0 Å². The van der Waals surface area contributed by atoms with Crippen molar-refractivity contribution >= 4 is 45.1 Å². The van der Waals surface area contributed by atoms with E-state index in [4.69, 9.17) is 11.6 Å². The summed E-state index contributed by atoms with van der Waals surface area (Å²) in [6.45, 7) is 0.394. The molecule has 4 aromatic carbocycles. The summed E-state index contributed by atoms with van der Waals surface area (Å²) >= 11 is 11.2. The average molecular weight is 589 g/mol. The van der Waals surface area contributed by atoms with Crippen molar-refractivity contribution in [3.05, 3.63) is 162 Å². The lowest BCUT2D eigenvalue weighted by Crippen LogP contribution is -2.41. The van der Waals surface area contributed by atoms with Crippen LogP contribution in [0.4, 0.5) is 0 Å². The summed E-state index contributed by atoms with van der Waals surface area (Å²) in [5, 5.41) is 5.04. The lowest BCUT2D eigenvalue weighted by Gasteiger charge is -2.35. The van der Waals surface area contributed by atoms with Gasteiger partial charge in [-0.2, -0.15) is 5.10 Å². The molecular weight excluding hydrogens is 566 g/mol. The Morgan fingerprint density at radius 2 is 1.30 bits per heavy atom. The van der Waals surface area contributed by atoms with Crippen molar-refractivity contribution in [2.45, 2.75) is 12.1 Å². The van der Waals surface area contributed by atoms with Gasteiger partial charge in [-0.1, -0.05) is 142 Å². The number of hydrogen-bond donors (Lipinski definition) is 1. The Morgan fingerprint density at radius 1 is 0.811 bits per heavy atom. The molecule has 5 rings (SSSR count). The topological polar surface area (TPSA) is 46.4 Å². The largest absolute Gasteiger partial charge is 0.309 e. The number of rotatable bonds is 8. The Kier molecular flexibility index (Phi) is 7.70. The molecule has 0 bridgehead atoms. The number of halogens is 2. The first-order valence-electron chi connectivity index (χ1n) is 11.7. The zero-order valence-corrected chi connectivity index (χ0v) is 22.9. The van der Waals surface area contributed by atoms with Gasteiger partial charge in [0.15, 0.2) is 0 Å². The van der Waals surface area contributed by atoms with Crippen molar-refractivity contribution in [2.24, 2.45) is 5.10 Å². The number of aromatic nitrogens is 1. The van der Waals surface area contributed by atoms with Gasteiger partial charge in [0, 0.05) is 4.47 Å². The molecule has 0 fully saturated rings. The molecule has 4 nitrogen and oxygen atoms in total. The zero-order valence-electron chi connectivity index (χ0n) is 19.7. The van der Waals surface area contributed by atoms with Crippen molar-refractivity contribution in [3.63, 3.8) is 0 Å². The molecule has 5 aromatic rings. The molecule has 1 aromatic heterocycles. The second kappa shape index (κ2) is 11.3. The predicted molar refractivity (Wildman–Crippen MR) is 157 cm³/mol.